The van der Waals surface area contributed by atoms with Crippen LogP contribution in [0.4, 0.5) is 10.8 Å². The molecule has 1 amide bonds. The summed E-state index contributed by atoms with van der Waals surface area (Å²) in [5.74, 6) is 2.40. The Morgan fingerprint density at radius 3 is 2.77 bits per heavy atom. The lowest BCUT2D eigenvalue weighted by Gasteiger charge is -2.36. The lowest BCUT2D eigenvalue weighted by molar-refractivity contribution is -0.114. The second kappa shape index (κ2) is 10.8. The van der Waals surface area contributed by atoms with Crippen molar-refractivity contribution in [2.45, 2.75) is 20.3 Å². The number of piperazine rings is 1. The van der Waals surface area contributed by atoms with Gasteiger partial charge in [-0.25, -0.2) is 4.98 Å². The molecule has 30 heavy (non-hydrogen) atoms. The average molecular weight is 432 g/mol. The van der Waals surface area contributed by atoms with Crippen molar-refractivity contribution < 1.29 is 9.53 Å². The fraction of sp³-hybridized carbons (Fsp3) is 0.500. The number of rotatable bonds is 7. The molecule has 0 spiro atoms. The number of carbonyl (C=O) groups is 1. The third-order valence-electron chi connectivity index (χ3n) is 4.64. The van der Waals surface area contributed by atoms with Crippen LogP contribution in [0.1, 0.15) is 19.7 Å². The van der Waals surface area contributed by atoms with Crippen molar-refractivity contribution in [3.05, 3.63) is 30.1 Å². The number of hydrogen-bond donors (Lipinski definition) is 2. The first-order valence-corrected chi connectivity index (χ1v) is 10.9. The summed E-state index contributed by atoms with van der Waals surface area (Å²) in [5.41, 5.74) is 0.725. The fourth-order valence-corrected chi connectivity index (χ4v) is 3.96. The zero-order valence-electron chi connectivity index (χ0n) is 17.7. The first-order chi connectivity index (χ1) is 14.6. The van der Waals surface area contributed by atoms with E-state index >= 15 is 0 Å². The zero-order chi connectivity index (χ0) is 21.3. The van der Waals surface area contributed by atoms with Gasteiger partial charge in [0.25, 0.3) is 0 Å². The molecule has 0 atom stereocenters. The van der Waals surface area contributed by atoms with Crippen LogP contribution in [0.5, 0.6) is 5.75 Å². The minimum absolute atomic E-state index is 0.102. The molecule has 0 saturated carbocycles. The molecule has 2 N–H and O–H groups in total. The average Bonchev–Trinajstić information content (AvgIpc) is 3.23. The number of carbonyl (C=O) groups excluding carboxylic acids is 1. The van der Waals surface area contributed by atoms with E-state index in [0.717, 1.165) is 61.0 Å². The van der Waals surface area contributed by atoms with Gasteiger partial charge in [-0.1, -0.05) is 13.0 Å². The Labute approximate surface area is 181 Å². The molecule has 1 saturated heterocycles. The largest absolute Gasteiger partial charge is 0.492 e. The number of aliphatic imine (C=N–C) groups is 1. The molecule has 3 rings (SSSR count). The summed E-state index contributed by atoms with van der Waals surface area (Å²) in [7, 11) is 1.80. The molecule has 0 radical (unpaired) electrons. The van der Waals surface area contributed by atoms with E-state index in [0.29, 0.717) is 13.2 Å². The van der Waals surface area contributed by atoms with Crippen molar-refractivity contribution in [1.82, 2.24) is 19.6 Å². The van der Waals surface area contributed by atoms with Gasteiger partial charge in [-0.15, -0.1) is 0 Å². The fourth-order valence-electron chi connectivity index (χ4n) is 3.16. The maximum atomic E-state index is 11.2. The molecule has 2 heterocycles. The van der Waals surface area contributed by atoms with Gasteiger partial charge in [-0.2, -0.15) is 4.37 Å². The van der Waals surface area contributed by atoms with Crippen molar-refractivity contribution >= 4 is 34.2 Å². The Morgan fingerprint density at radius 1 is 1.30 bits per heavy atom. The molecule has 1 aromatic heterocycles. The van der Waals surface area contributed by atoms with E-state index in [9.17, 15) is 4.79 Å². The predicted octanol–water partition coefficient (Wildman–Crippen LogP) is 1.84. The minimum atomic E-state index is -0.102. The van der Waals surface area contributed by atoms with Crippen molar-refractivity contribution in [3.63, 3.8) is 0 Å². The molecule has 1 aliphatic heterocycles. The second-order valence-corrected chi connectivity index (χ2v) is 7.58. The quantitative estimate of drug-likeness (QED) is 0.392. The topological polar surface area (TPSA) is 95.0 Å². The van der Waals surface area contributed by atoms with E-state index in [-0.39, 0.29) is 5.91 Å². The van der Waals surface area contributed by atoms with Crippen LogP contribution in [-0.2, 0) is 11.2 Å². The molecule has 1 aliphatic rings. The van der Waals surface area contributed by atoms with Gasteiger partial charge in [-0.3, -0.25) is 9.79 Å². The Hall–Kier alpha value is -2.88. The van der Waals surface area contributed by atoms with Crippen molar-refractivity contribution in [2.75, 3.05) is 56.6 Å². The summed E-state index contributed by atoms with van der Waals surface area (Å²) < 4.78 is 10.2. The summed E-state index contributed by atoms with van der Waals surface area (Å²) >= 11 is 1.48. The molecule has 10 heteroatoms. The number of benzene rings is 1. The number of guanidine groups is 1. The summed E-state index contributed by atoms with van der Waals surface area (Å²) in [4.78, 5) is 24.7. The van der Waals surface area contributed by atoms with Crippen molar-refractivity contribution in [2.24, 2.45) is 4.99 Å². The molecular weight excluding hydrogens is 402 g/mol. The normalized spacial score (nSPS) is 14.6. The summed E-state index contributed by atoms with van der Waals surface area (Å²) in [6.07, 6.45) is 0.868. The summed E-state index contributed by atoms with van der Waals surface area (Å²) in [6.45, 7) is 8.22. The Bertz CT molecular complexity index is 862. The highest BCUT2D eigenvalue weighted by Gasteiger charge is 2.21. The highest BCUT2D eigenvalue weighted by molar-refractivity contribution is 7.09. The van der Waals surface area contributed by atoms with Gasteiger partial charge < -0.3 is 25.2 Å². The van der Waals surface area contributed by atoms with Crippen LogP contribution in [0.25, 0.3) is 0 Å². The van der Waals surface area contributed by atoms with E-state index in [4.69, 9.17) is 4.74 Å². The molecule has 2 aromatic rings. The smallest absolute Gasteiger partial charge is 0.221 e. The number of nitrogens with one attached hydrogen (secondary N) is 2. The lowest BCUT2D eigenvalue weighted by atomic mass is 10.3. The van der Waals surface area contributed by atoms with E-state index in [1.165, 1.54) is 18.5 Å². The number of ether oxygens (including phenoxy) is 1. The number of nitrogens with zero attached hydrogens (tertiary/aromatic N) is 5. The van der Waals surface area contributed by atoms with E-state index in [1.54, 1.807) is 7.05 Å². The number of amides is 1. The van der Waals surface area contributed by atoms with Crippen LogP contribution in [0.2, 0.25) is 0 Å². The van der Waals surface area contributed by atoms with Gasteiger partial charge in [0.2, 0.25) is 11.0 Å². The van der Waals surface area contributed by atoms with Crippen molar-refractivity contribution in [3.8, 4) is 5.75 Å². The Balaban J connectivity index is 1.41. The molecule has 0 aliphatic carbocycles. The number of aryl methyl sites for hydroxylation is 1. The molecule has 1 fully saturated rings. The van der Waals surface area contributed by atoms with E-state index < -0.39 is 0 Å². The van der Waals surface area contributed by atoms with Crippen LogP contribution in [-0.4, -0.2) is 72.5 Å². The van der Waals surface area contributed by atoms with Crippen LogP contribution < -0.4 is 20.3 Å². The predicted molar refractivity (Wildman–Crippen MR) is 121 cm³/mol. The van der Waals surface area contributed by atoms with Crippen LogP contribution in [0.3, 0.4) is 0 Å². The van der Waals surface area contributed by atoms with E-state index in [2.05, 4.69) is 41.7 Å². The molecule has 162 valence electrons. The van der Waals surface area contributed by atoms with Gasteiger partial charge in [-0.05, 0) is 12.1 Å². The SMILES string of the molecule is CCc1nsc(N2CCN(C(=NC)NCCOc3cccc(NC(C)=O)c3)CC2)n1. The van der Waals surface area contributed by atoms with Crippen LogP contribution in [0, 0.1) is 0 Å². The monoisotopic (exact) mass is 431 g/mol. The summed E-state index contributed by atoms with van der Waals surface area (Å²) in [5, 5.41) is 7.12. The van der Waals surface area contributed by atoms with Gasteiger partial charge in [0, 0.05) is 69.9 Å². The van der Waals surface area contributed by atoms with Crippen LogP contribution >= 0.6 is 11.5 Å². The summed E-state index contributed by atoms with van der Waals surface area (Å²) in [6, 6.07) is 7.37. The van der Waals surface area contributed by atoms with Gasteiger partial charge in [0.15, 0.2) is 5.96 Å². The molecule has 9 nitrogen and oxygen atoms in total. The minimum Gasteiger partial charge on any atom is -0.492 e. The van der Waals surface area contributed by atoms with Crippen molar-refractivity contribution in [1.29, 1.82) is 0 Å². The zero-order valence-corrected chi connectivity index (χ0v) is 18.5. The third kappa shape index (κ3) is 6.06. The second-order valence-electron chi connectivity index (χ2n) is 6.85. The maximum Gasteiger partial charge on any atom is 0.221 e. The number of anilines is 2. The first-order valence-electron chi connectivity index (χ1n) is 10.1. The Morgan fingerprint density at radius 2 is 2.10 bits per heavy atom. The standard InChI is InChI=1S/C20H29N7O2S/c1-4-18-24-20(30-25-18)27-11-9-26(10-12-27)19(21-3)22-8-13-29-17-7-5-6-16(14-17)23-15(2)28/h5-7,14H,4,8-13H2,1-3H3,(H,21,22)(H,23,28). The first kappa shape index (κ1) is 21.8. The van der Waals surface area contributed by atoms with Gasteiger partial charge >= 0.3 is 0 Å². The lowest BCUT2D eigenvalue weighted by Crippen LogP contribution is -2.53. The Kier molecular flexibility index (Phi) is 7.83. The number of aromatic nitrogens is 2. The maximum absolute atomic E-state index is 11.2. The highest BCUT2D eigenvalue weighted by Crippen LogP contribution is 2.19. The van der Waals surface area contributed by atoms with Crippen LogP contribution in [0.15, 0.2) is 29.3 Å². The molecule has 0 unspecified atom stereocenters. The molecule has 1 aromatic carbocycles. The highest BCUT2D eigenvalue weighted by atomic mass is 32.1. The van der Waals surface area contributed by atoms with Gasteiger partial charge in [0.1, 0.15) is 18.2 Å². The molecule has 0 bridgehead atoms. The van der Waals surface area contributed by atoms with Gasteiger partial charge in [0.05, 0.1) is 6.54 Å². The third-order valence-corrected chi connectivity index (χ3v) is 5.46. The molecular formula is C20H29N7O2S. The van der Waals surface area contributed by atoms with E-state index in [1.807, 2.05) is 24.3 Å². The number of hydrogen-bond acceptors (Lipinski definition) is 7.